The van der Waals surface area contributed by atoms with Crippen LogP contribution in [-0.2, 0) is 6.61 Å². The molecule has 0 unspecified atom stereocenters. The first-order chi connectivity index (χ1) is 13.2. The molecule has 0 saturated carbocycles. The Labute approximate surface area is 167 Å². The SMILES string of the molecule is COc1cc(C2SCCS2)ccc1OCc1nc(-c2ccccc2)oc1C. The molecule has 1 fully saturated rings. The van der Waals surface area contributed by atoms with Gasteiger partial charge in [0.1, 0.15) is 18.1 Å². The van der Waals surface area contributed by atoms with Crippen LogP contribution in [0, 0.1) is 6.92 Å². The minimum absolute atomic E-state index is 0.338. The Balaban J connectivity index is 1.49. The first kappa shape index (κ1) is 18.3. The molecule has 2 aromatic carbocycles. The first-order valence-electron chi connectivity index (χ1n) is 8.80. The fourth-order valence-electron chi connectivity index (χ4n) is 2.91. The van der Waals surface area contributed by atoms with Gasteiger partial charge in [0.15, 0.2) is 11.5 Å². The number of aromatic nitrogens is 1. The molecule has 2 heterocycles. The number of rotatable bonds is 6. The van der Waals surface area contributed by atoms with E-state index in [0.29, 0.717) is 17.1 Å². The summed E-state index contributed by atoms with van der Waals surface area (Å²) in [4.78, 5) is 4.59. The summed E-state index contributed by atoms with van der Waals surface area (Å²) in [6.07, 6.45) is 0. The van der Waals surface area contributed by atoms with Gasteiger partial charge in [0.05, 0.1) is 11.7 Å². The Morgan fingerprint density at radius 2 is 1.85 bits per heavy atom. The summed E-state index contributed by atoms with van der Waals surface area (Å²) in [5.41, 5.74) is 3.03. The summed E-state index contributed by atoms with van der Waals surface area (Å²) in [5.74, 6) is 5.26. The Morgan fingerprint density at radius 1 is 1.07 bits per heavy atom. The molecule has 0 spiro atoms. The topological polar surface area (TPSA) is 44.5 Å². The summed E-state index contributed by atoms with van der Waals surface area (Å²) in [5, 5.41) is 0. The maximum Gasteiger partial charge on any atom is 0.226 e. The van der Waals surface area contributed by atoms with Gasteiger partial charge in [-0.1, -0.05) is 24.3 Å². The van der Waals surface area contributed by atoms with E-state index in [0.717, 1.165) is 28.5 Å². The van der Waals surface area contributed by atoms with Crippen LogP contribution in [0.5, 0.6) is 11.5 Å². The van der Waals surface area contributed by atoms with Crippen LogP contribution in [0.3, 0.4) is 0 Å². The van der Waals surface area contributed by atoms with Crippen LogP contribution in [-0.4, -0.2) is 23.6 Å². The van der Waals surface area contributed by atoms with Crippen LogP contribution in [0.25, 0.3) is 11.5 Å². The molecule has 0 N–H and O–H groups in total. The number of aryl methyl sites for hydroxylation is 1. The standard InChI is InChI=1S/C21H21NO3S2/c1-14-17(22-20(25-14)15-6-4-3-5-7-15)13-24-18-9-8-16(12-19(18)23-2)21-26-10-11-27-21/h3-9,12,21H,10-11,13H2,1-2H3. The third kappa shape index (κ3) is 4.12. The number of methoxy groups -OCH3 is 1. The average molecular weight is 400 g/mol. The summed E-state index contributed by atoms with van der Waals surface area (Å²) in [6, 6.07) is 16.1. The van der Waals surface area contributed by atoms with E-state index in [2.05, 4.69) is 17.1 Å². The number of hydrogen-bond acceptors (Lipinski definition) is 6. The van der Waals surface area contributed by atoms with Gasteiger partial charge in [-0.25, -0.2) is 4.98 Å². The largest absolute Gasteiger partial charge is 0.493 e. The zero-order chi connectivity index (χ0) is 18.6. The van der Waals surface area contributed by atoms with Gasteiger partial charge in [0, 0.05) is 17.1 Å². The highest BCUT2D eigenvalue weighted by atomic mass is 32.2. The Morgan fingerprint density at radius 3 is 2.59 bits per heavy atom. The van der Waals surface area contributed by atoms with Crippen molar-refractivity contribution in [2.75, 3.05) is 18.6 Å². The lowest BCUT2D eigenvalue weighted by Gasteiger charge is -2.14. The van der Waals surface area contributed by atoms with Gasteiger partial charge in [0.2, 0.25) is 5.89 Å². The number of thioether (sulfide) groups is 2. The van der Waals surface area contributed by atoms with Gasteiger partial charge >= 0.3 is 0 Å². The normalized spacial score (nSPS) is 14.4. The highest BCUT2D eigenvalue weighted by Gasteiger charge is 2.20. The predicted molar refractivity (Wildman–Crippen MR) is 112 cm³/mol. The summed E-state index contributed by atoms with van der Waals surface area (Å²) >= 11 is 3.96. The molecule has 0 aliphatic carbocycles. The van der Waals surface area contributed by atoms with Crippen molar-refractivity contribution in [2.24, 2.45) is 0 Å². The van der Waals surface area contributed by atoms with E-state index in [1.807, 2.05) is 66.8 Å². The van der Waals surface area contributed by atoms with Crippen molar-refractivity contribution in [3.63, 3.8) is 0 Å². The zero-order valence-corrected chi connectivity index (χ0v) is 16.9. The predicted octanol–water partition coefficient (Wildman–Crippen LogP) is 5.72. The molecule has 0 amide bonds. The van der Waals surface area contributed by atoms with Crippen molar-refractivity contribution in [1.82, 2.24) is 4.98 Å². The van der Waals surface area contributed by atoms with Crippen molar-refractivity contribution in [2.45, 2.75) is 18.1 Å². The second-order valence-electron chi connectivity index (χ2n) is 6.16. The van der Waals surface area contributed by atoms with Crippen LogP contribution >= 0.6 is 23.5 Å². The van der Waals surface area contributed by atoms with Crippen LogP contribution in [0.2, 0.25) is 0 Å². The molecule has 1 aromatic heterocycles. The molecule has 1 aliphatic rings. The minimum atomic E-state index is 0.338. The van der Waals surface area contributed by atoms with Crippen LogP contribution < -0.4 is 9.47 Å². The number of hydrogen-bond donors (Lipinski definition) is 0. The van der Waals surface area contributed by atoms with Gasteiger partial charge in [-0.2, -0.15) is 0 Å². The van der Waals surface area contributed by atoms with E-state index >= 15 is 0 Å². The average Bonchev–Trinajstić information content (AvgIpc) is 3.37. The molecule has 0 radical (unpaired) electrons. The lowest BCUT2D eigenvalue weighted by atomic mass is 10.2. The van der Waals surface area contributed by atoms with Crippen molar-refractivity contribution < 1.29 is 13.9 Å². The van der Waals surface area contributed by atoms with E-state index in [1.165, 1.54) is 17.1 Å². The summed E-state index contributed by atoms with van der Waals surface area (Å²) in [6.45, 7) is 2.25. The lowest BCUT2D eigenvalue weighted by molar-refractivity contribution is 0.279. The number of oxazole rings is 1. The van der Waals surface area contributed by atoms with E-state index in [1.54, 1.807) is 7.11 Å². The van der Waals surface area contributed by atoms with Gasteiger partial charge in [-0.15, -0.1) is 23.5 Å². The Kier molecular flexibility index (Phi) is 5.64. The highest BCUT2D eigenvalue weighted by molar-refractivity contribution is 8.19. The molecule has 140 valence electrons. The van der Waals surface area contributed by atoms with Gasteiger partial charge in [0.25, 0.3) is 0 Å². The number of ether oxygens (including phenoxy) is 2. The van der Waals surface area contributed by atoms with Gasteiger partial charge < -0.3 is 13.9 Å². The maximum absolute atomic E-state index is 6.00. The van der Waals surface area contributed by atoms with Crippen LogP contribution in [0.4, 0.5) is 0 Å². The van der Waals surface area contributed by atoms with E-state index in [-0.39, 0.29) is 0 Å². The molecule has 6 heteroatoms. The highest BCUT2D eigenvalue weighted by Crippen LogP contribution is 2.47. The minimum Gasteiger partial charge on any atom is -0.493 e. The molecular weight excluding hydrogens is 378 g/mol. The summed E-state index contributed by atoms with van der Waals surface area (Å²) in [7, 11) is 1.68. The third-order valence-corrected chi connectivity index (χ3v) is 7.46. The van der Waals surface area contributed by atoms with Crippen molar-refractivity contribution in [1.29, 1.82) is 0 Å². The monoisotopic (exact) mass is 399 g/mol. The smallest absolute Gasteiger partial charge is 0.226 e. The first-order valence-corrected chi connectivity index (χ1v) is 10.9. The molecule has 0 bridgehead atoms. The number of nitrogens with zero attached hydrogens (tertiary/aromatic N) is 1. The molecular formula is C21H21NO3S2. The van der Waals surface area contributed by atoms with Crippen LogP contribution in [0.15, 0.2) is 52.9 Å². The molecule has 4 rings (SSSR count). The van der Waals surface area contributed by atoms with Crippen LogP contribution in [0.1, 0.15) is 21.6 Å². The van der Waals surface area contributed by atoms with Gasteiger partial charge in [-0.05, 0) is 36.8 Å². The zero-order valence-electron chi connectivity index (χ0n) is 15.3. The number of benzene rings is 2. The second-order valence-corrected chi connectivity index (χ2v) is 8.88. The van der Waals surface area contributed by atoms with Gasteiger partial charge in [-0.3, -0.25) is 0 Å². The molecule has 4 nitrogen and oxygen atoms in total. The quantitative estimate of drug-likeness (QED) is 0.528. The fourth-order valence-corrected chi connectivity index (χ4v) is 5.75. The van der Waals surface area contributed by atoms with Crippen molar-refractivity contribution >= 4 is 23.5 Å². The molecule has 1 saturated heterocycles. The third-order valence-electron chi connectivity index (χ3n) is 4.36. The Bertz CT molecular complexity index is 905. The lowest BCUT2D eigenvalue weighted by Crippen LogP contribution is -2.00. The maximum atomic E-state index is 6.00. The second kappa shape index (κ2) is 8.31. The fraction of sp³-hybridized carbons (Fsp3) is 0.286. The van der Waals surface area contributed by atoms with Crippen molar-refractivity contribution in [3.8, 4) is 23.0 Å². The van der Waals surface area contributed by atoms with E-state index in [4.69, 9.17) is 13.9 Å². The van der Waals surface area contributed by atoms with Crippen molar-refractivity contribution in [3.05, 3.63) is 65.5 Å². The molecule has 27 heavy (non-hydrogen) atoms. The molecule has 1 aliphatic heterocycles. The summed E-state index contributed by atoms with van der Waals surface area (Å²) < 4.78 is 17.8. The van der Waals surface area contributed by atoms with E-state index in [9.17, 15) is 0 Å². The Hall–Kier alpha value is -2.05. The molecule has 0 atom stereocenters. The molecule has 3 aromatic rings. The van der Waals surface area contributed by atoms with E-state index < -0.39 is 0 Å².